The van der Waals surface area contributed by atoms with Crippen molar-refractivity contribution in [3.8, 4) is 0 Å². The van der Waals surface area contributed by atoms with Gasteiger partial charge in [-0.1, -0.05) is 0 Å². The van der Waals surface area contributed by atoms with Crippen LogP contribution in [0.1, 0.15) is 6.42 Å². The highest BCUT2D eigenvalue weighted by atomic mass is 32.2. The summed E-state index contributed by atoms with van der Waals surface area (Å²) >= 11 is 0. The summed E-state index contributed by atoms with van der Waals surface area (Å²) in [5.41, 5.74) is 5.08. The first-order valence-electron chi connectivity index (χ1n) is 6.05. The van der Waals surface area contributed by atoms with Crippen molar-refractivity contribution in [2.24, 2.45) is 5.92 Å². The Labute approximate surface area is 121 Å². The summed E-state index contributed by atoms with van der Waals surface area (Å²) in [6, 6.07) is 1.49. The summed E-state index contributed by atoms with van der Waals surface area (Å²) < 4.78 is 75.3. The molecule has 10 heteroatoms. The van der Waals surface area contributed by atoms with Gasteiger partial charge in [0.1, 0.15) is 4.90 Å². The lowest BCUT2D eigenvalue weighted by atomic mass is 10.1. The Morgan fingerprint density at radius 2 is 2.00 bits per heavy atom. The monoisotopic (exact) mass is 340 g/mol. The summed E-state index contributed by atoms with van der Waals surface area (Å²) in [6.07, 6.45) is 0.332. The van der Waals surface area contributed by atoms with Gasteiger partial charge in [0.15, 0.2) is 21.5 Å². The van der Waals surface area contributed by atoms with Crippen LogP contribution in [0.4, 0.5) is 14.5 Å². The van der Waals surface area contributed by atoms with E-state index in [-0.39, 0.29) is 29.7 Å². The van der Waals surface area contributed by atoms with Crippen molar-refractivity contribution in [2.75, 3.05) is 23.8 Å². The smallest absolute Gasteiger partial charge is 0.243 e. The van der Waals surface area contributed by atoms with E-state index in [9.17, 15) is 25.6 Å². The number of hydrogen-bond acceptors (Lipinski definition) is 5. The van der Waals surface area contributed by atoms with Crippen LogP contribution in [0.2, 0.25) is 0 Å². The summed E-state index contributed by atoms with van der Waals surface area (Å²) in [6.45, 7) is -0.155. The minimum absolute atomic E-state index is 0.000663. The highest BCUT2D eigenvalue weighted by Gasteiger charge is 2.30. The number of halogens is 2. The van der Waals surface area contributed by atoms with Crippen molar-refractivity contribution >= 4 is 25.5 Å². The van der Waals surface area contributed by atoms with Gasteiger partial charge < -0.3 is 5.73 Å². The third-order valence-electron chi connectivity index (χ3n) is 3.20. The maximum atomic E-state index is 13.6. The van der Waals surface area contributed by atoms with E-state index in [1.54, 1.807) is 0 Å². The van der Waals surface area contributed by atoms with Crippen LogP contribution in [-0.2, 0) is 19.9 Å². The molecule has 1 aromatic rings. The van der Waals surface area contributed by atoms with Gasteiger partial charge in [-0.05, 0) is 24.5 Å². The third-order valence-corrected chi connectivity index (χ3v) is 6.46. The molecule has 0 aliphatic carbocycles. The molecule has 2 rings (SSSR count). The van der Waals surface area contributed by atoms with Crippen LogP contribution in [-0.4, -0.2) is 34.9 Å². The van der Waals surface area contributed by atoms with Gasteiger partial charge in [0.05, 0.1) is 11.5 Å². The van der Waals surface area contributed by atoms with Gasteiger partial charge in [0, 0.05) is 12.2 Å². The van der Waals surface area contributed by atoms with Gasteiger partial charge >= 0.3 is 0 Å². The van der Waals surface area contributed by atoms with E-state index in [1.165, 1.54) is 0 Å². The lowest BCUT2D eigenvalue weighted by Gasteiger charge is -2.11. The molecule has 6 nitrogen and oxygen atoms in total. The largest absolute Gasteiger partial charge is 0.399 e. The van der Waals surface area contributed by atoms with Crippen LogP contribution < -0.4 is 10.5 Å². The summed E-state index contributed by atoms with van der Waals surface area (Å²) in [5.74, 6) is -3.38. The molecule has 0 aromatic heterocycles. The topological polar surface area (TPSA) is 106 Å². The Morgan fingerprint density at radius 3 is 2.57 bits per heavy atom. The SMILES string of the molecule is Nc1cc(F)c(F)c(S(=O)(=O)NCC2CCS(=O)(=O)C2)c1. The van der Waals surface area contributed by atoms with Gasteiger partial charge in [-0.3, -0.25) is 0 Å². The van der Waals surface area contributed by atoms with Crippen LogP contribution in [0.5, 0.6) is 0 Å². The van der Waals surface area contributed by atoms with E-state index in [0.717, 1.165) is 6.07 Å². The second-order valence-electron chi connectivity index (χ2n) is 4.94. The molecule has 1 heterocycles. The molecule has 1 atom stereocenters. The second-order valence-corrected chi connectivity index (χ2v) is 8.90. The van der Waals surface area contributed by atoms with Gasteiger partial charge in [0.2, 0.25) is 10.0 Å². The van der Waals surface area contributed by atoms with Crippen molar-refractivity contribution in [1.29, 1.82) is 0 Å². The Kier molecular flexibility index (Phi) is 4.22. The Balaban J connectivity index is 2.16. The van der Waals surface area contributed by atoms with Gasteiger partial charge in [-0.25, -0.2) is 30.3 Å². The first kappa shape index (κ1) is 16.1. The van der Waals surface area contributed by atoms with E-state index in [2.05, 4.69) is 4.72 Å². The zero-order chi connectivity index (χ0) is 15.8. The molecule has 1 unspecified atom stereocenters. The van der Waals surface area contributed by atoms with Crippen molar-refractivity contribution in [3.63, 3.8) is 0 Å². The minimum Gasteiger partial charge on any atom is -0.399 e. The molecule has 1 fully saturated rings. The van der Waals surface area contributed by atoms with E-state index in [1.807, 2.05) is 0 Å². The molecule has 21 heavy (non-hydrogen) atoms. The third kappa shape index (κ3) is 3.69. The summed E-state index contributed by atoms with van der Waals surface area (Å²) in [5, 5.41) is 0. The highest BCUT2D eigenvalue weighted by Crippen LogP contribution is 2.22. The molecular weight excluding hydrogens is 326 g/mol. The maximum Gasteiger partial charge on any atom is 0.243 e. The van der Waals surface area contributed by atoms with Crippen LogP contribution in [0.3, 0.4) is 0 Å². The van der Waals surface area contributed by atoms with Gasteiger partial charge in [0.25, 0.3) is 0 Å². The molecule has 0 amide bonds. The highest BCUT2D eigenvalue weighted by molar-refractivity contribution is 7.91. The van der Waals surface area contributed by atoms with Crippen LogP contribution >= 0.6 is 0 Å². The van der Waals surface area contributed by atoms with E-state index < -0.39 is 36.4 Å². The fraction of sp³-hybridized carbons (Fsp3) is 0.455. The van der Waals surface area contributed by atoms with Crippen LogP contribution in [0.25, 0.3) is 0 Å². The summed E-state index contributed by atoms with van der Waals surface area (Å²) in [7, 11) is -7.44. The minimum atomic E-state index is -4.30. The first-order chi connectivity index (χ1) is 9.61. The fourth-order valence-corrected chi connectivity index (χ4v) is 5.21. The number of sulfonamides is 1. The maximum absolute atomic E-state index is 13.6. The molecule has 118 valence electrons. The molecule has 0 radical (unpaired) electrons. The molecule has 1 aliphatic rings. The summed E-state index contributed by atoms with van der Waals surface area (Å²) in [4.78, 5) is -0.888. The molecule has 0 spiro atoms. The van der Waals surface area contributed by atoms with Gasteiger partial charge in [-0.2, -0.15) is 0 Å². The molecule has 0 saturated carbocycles. The molecular formula is C11H14F2N2O4S2. The fourth-order valence-electron chi connectivity index (χ4n) is 2.12. The number of sulfone groups is 1. The number of rotatable bonds is 4. The normalized spacial score (nSPS) is 21.5. The number of nitrogens with one attached hydrogen (secondary N) is 1. The predicted octanol–water partition coefficient (Wildman–Crippen LogP) is 0.260. The zero-order valence-electron chi connectivity index (χ0n) is 10.8. The van der Waals surface area contributed by atoms with Crippen molar-refractivity contribution in [3.05, 3.63) is 23.8 Å². The lowest BCUT2D eigenvalue weighted by Crippen LogP contribution is -2.30. The van der Waals surface area contributed by atoms with E-state index >= 15 is 0 Å². The molecule has 1 saturated heterocycles. The van der Waals surface area contributed by atoms with Crippen molar-refractivity contribution in [1.82, 2.24) is 4.72 Å². The average Bonchev–Trinajstić information content (AvgIpc) is 2.71. The molecule has 3 N–H and O–H groups in total. The Bertz CT molecular complexity index is 763. The first-order valence-corrected chi connectivity index (χ1v) is 9.36. The van der Waals surface area contributed by atoms with Crippen molar-refractivity contribution in [2.45, 2.75) is 11.3 Å². The van der Waals surface area contributed by atoms with Crippen LogP contribution in [0, 0.1) is 17.6 Å². The molecule has 1 aliphatic heterocycles. The van der Waals surface area contributed by atoms with E-state index in [4.69, 9.17) is 5.73 Å². The van der Waals surface area contributed by atoms with Gasteiger partial charge in [-0.15, -0.1) is 0 Å². The number of anilines is 1. The Morgan fingerprint density at radius 1 is 1.33 bits per heavy atom. The predicted molar refractivity (Wildman–Crippen MR) is 72.7 cm³/mol. The molecule has 1 aromatic carbocycles. The molecule has 0 bridgehead atoms. The lowest BCUT2D eigenvalue weighted by molar-refractivity contribution is 0.481. The average molecular weight is 340 g/mol. The number of hydrogen-bond donors (Lipinski definition) is 2. The standard InChI is InChI=1S/C11H14F2N2O4S2/c12-9-3-8(14)4-10(11(9)13)21(18,19)15-5-7-1-2-20(16,17)6-7/h3-4,7,15H,1-2,5-6,14H2. The number of nitrogens with two attached hydrogens (primary N) is 1. The second kappa shape index (κ2) is 5.50. The number of nitrogen functional groups attached to an aromatic ring is 1. The van der Waals surface area contributed by atoms with Crippen molar-refractivity contribution < 1.29 is 25.6 Å². The Hall–Kier alpha value is -1.26. The number of benzene rings is 1. The van der Waals surface area contributed by atoms with E-state index in [0.29, 0.717) is 12.5 Å². The quantitative estimate of drug-likeness (QED) is 0.765. The van der Waals surface area contributed by atoms with Crippen LogP contribution in [0.15, 0.2) is 17.0 Å². The zero-order valence-corrected chi connectivity index (χ0v) is 12.5.